The van der Waals surface area contributed by atoms with Crippen molar-refractivity contribution in [3.63, 3.8) is 0 Å². The van der Waals surface area contributed by atoms with Crippen LogP contribution in [0.25, 0.3) is 0 Å². The smallest absolute Gasteiger partial charge is 0.290 e. The third kappa shape index (κ3) is 1.42. The summed E-state index contributed by atoms with van der Waals surface area (Å²) in [7, 11) is -4.40. The fourth-order valence-corrected chi connectivity index (χ4v) is 1.46. The number of rotatable bonds is 0. The lowest BCUT2D eigenvalue weighted by Crippen LogP contribution is -2.08. The molecule has 2 aliphatic rings. The van der Waals surface area contributed by atoms with Gasteiger partial charge in [0.2, 0.25) is 0 Å². The summed E-state index contributed by atoms with van der Waals surface area (Å²) in [6.07, 6.45) is 3.74. The van der Waals surface area contributed by atoms with Crippen molar-refractivity contribution in [2.24, 2.45) is 9.98 Å². The Balaban J connectivity index is 2.53. The molecule has 0 unspecified atom stereocenters. The standard InChI is InChI=1S/C7H4N2O4S/c10-4-1-2-5-6(3-4)9-7(8-5)14(11,12)13/h1-3H,(H,11,12,13). The third-order valence-electron chi connectivity index (χ3n) is 1.61. The Kier molecular flexibility index (Phi) is 1.73. The fraction of sp³-hybridized carbons (Fsp3) is 0. The second kappa shape index (κ2) is 2.69. The van der Waals surface area contributed by atoms with E-state index in [-0.39, 0.29) is 17.2 Å². The van der Waals surface area contributed by atoms with Gasteiger partial charge >= 0.3 is 10.1 Å². The van der Waals surface area contributed by atoms with Crippen molar-refractivity contribution in [3.05, 3.63) is 23.9 Å². The van der Waals surface area contributed by atoms with Crippen LogP contribution < -0.4 is 0 Å². The van der Waals surface area contributed by atoms with Gasteiger partial charge in [-0.1, -0.05) is 0 Å². The maximum absolute atomic E-state index is 10.9. The van der Waals surface area contributed by atoms with Gasteiger partial charge in [-0.2, -0.15) is 8.42 Å². The number of allylic oxidation sites excluding steroid dienone is 3. The molecule has 1 heterocycles. The molecule has 6 nitrogen and oxygen atoms in total. The van der Waals surface area contributed by atoms with Gasteiger partial charge < -0.3 is 0 Å². The Bertz CT molecular complexity index is 533. The number of hydrogen-bond donors (Lipinski definition) is 1. The van der Waals surface area contributed by atoms with E-state index in [0.717, 1.165) is 6.08 Å². The van der Waals surface area contributed by atoms with E-state index < -0.39 is 15.3 Å². The molecular weight excluding hydrogens is 208 g/mol. The van der Waals surface area contributed by atoms with Crippen molar-refractivity contribution < 1.29 is 17.8 Å². The number of nitrogens with zero attached hydrogens (tertiary/aromatic N) is 2. The van der Waals surface area contributed by atoms with Gasteiger partial charge in [-0.3, -0.25) is 9.35 Å². The van der Waals surface area contributed by atoms with Crippen LogP contribution in [0.4, 0.5) is 0 Å². The number of fused-ring (bicyclic) bond motifs is 1. The highest BCUT2D eigenvalue weighted by atomic mass is 32.2. The molecule has 0 saturated heterocycles. The van der Waals surface area contributed by atoms with Gasteiger partial charge in [-0.15, -0.1) is 0 Å². The van der Waals surface area contributed by atoms with Crippen LogP contribution in [0.15, 0.2) is 33.9 Å². The van der Waals surface area contributed by atoms with E-state index in [2.05, 4.69) is 9.98 Å². The van der Waals surface area contributed by atoms with Crippen LogP contribution in [0.2, 0.25) is 0 Å². The molecule has 0 radical (unpaired) electrons. The van der Waals surface area contributed by atoms with Crippen LogP contribution in [0.5, 0.6) is 0 Å². The Morgan fingerprint density at radius 3 is 2.57 bits per heavy atom. The van der Waals surface area contributed by atoms with E-state index in [9.17, 15) is 13.2 Å². The van der Waals surface area contributed by atoms with Gasteiger partial charge in [0.05, 0.1) is 11.4 Å². The molecule has 1 aliphatic carbocycles. The SMILES string of the molecule is O=C1C=CC2=NC(S(=O)(=O)O)=NC2=C1. The molecule has 0 amide bonds. The van der Waals surface area contributed by atoms with Crippen LogP contribution in [-0.4, -0.2) is 29.6 Å². The Morgan fingerprint density at radius 1 is 1.21 bits per heavy atom. The van der Waals surface area contributed by atoms with Crippen molar-refractivity contribution in [2.45, 2.75) is 0 Å². The molecule has 0 fully saturated rings. The summed E-state index contributed by atoms with van der Waals surface area (Å²) in [5.41, 5.74) is 0.419. The molecule has 0 saturated carbocycles. The third-order valence-corrected chi connectivity index (χ3v) is 2.25. The number of ketones is 1. The average molecular weight is 212 g/mol. The van der Waals surface area contributed by atoms with Crippen LogP contribution in [0.1, 0.15) is 0 Å². The predicted octanol–water partition coefficient (Wildman–Crippen LogP) is -0.292. The minimum absolute atomic E-state index is 0.158. The van der Waals surface area contributed by atoms with Gasteiger partial charge in [-0.25, -0.2) is 9.98 Å². The number of aliphatic imine (C=N–C) groups is 2. The van der Waals surface area contributed by atoms with Crippen molar-refractivity contribution >= 4 is 26.8 Å². The Hall–Kier alpha value is -1.60. The molecular formula is C7H4N2O4S. The second-order valence-electron chi connectivity index (χ2n) is 2.63. The lowest BCUT2D eigenvalue weighted by atomic mass is 10.1. The summed E-state index contributed by atoms with van der Waals surface area (Å²) in [4.78, 5) is 17.9. The number of carbonyl (C=O) groups is 1. The van der Waals surface area contributed by atoms with Gasteiger partial charge in [-0.05, 0) is 12.2 Å². The lowest BCUT2D eigenvalue weighted by molar-refractivity contribution is -0.110. The zero-order valence-electron chi connectivity index (χ0n) is 6.71. The van der Waals surface area contributed by atoms with Crippen molar-refractivity contribution in [3.8, 4) is 0 Å². The first-order valence-corrected chi connectivity index (χ1v) is 5.00. The highest BCUT2D eigenvalue weighted by Gasteiger charge is 2.25. The number of amidine groups is 1. The molecule has 1 N–H and O–H groups in total. The summed E-state index contributed by atoms with van der Waals surface area (Å²) in [5, 5.41) is -0.682. The predicted molar refractivity (Wildman–Crippen MR) is 48.6 cm³/mol. The zero-order valence-corrected chi connectivity index (χ0v) is 7.52. The molecule has 72 valence electrons. The van der Waals surface area contributed by atoms with E-state index in [0.29, 0.717) is 0 Å². The van der Waals surface area contributed by atoms with Gasteiger partial charge in [0.15, 0.2) is 5.78 Å². The minimum atomic E-state index is -4.40. The van der Waals surface area contributed by atoms with E-state index in [4.69, 9.17) is 4.55 Å². The average Bonchev–Trinajstić information content (AvgIpc) is 2.45. The largest absolute Gasteiger partial charge is 0.330 e. The van der Waals surface area contributed by atoms with Crippen LogP contribution in [0, 0.1) is 0 Å². The topological polar surface area (TPSA) is 96.2 Å². The molecule has 1 aliphatic heterocycles. The molecule has 0 aromatic rings. The van der Waals surface area contributed by atoms with Crippen molar-refractivity contribution in [2.75, 3.05) is 0 Å². The molecule has 0 aromatic heterocycles. The first-order valence-electron chi connectivity index (χ1n) is 3.56. The number of carbonyl (C=O) groups excluding carboxylic acids is 1. The molecule has 0 bridgehead atoms. The molecule has 0 aromatic carbocycles. The quantitative estimate of drug-likeness (QED) is 0.440. The maximum Gasteiger partial charge on any atom is 0.330 e. The second-order valence-corrected chi connectivity index (χ2v) is 3.95. The monoisotopic (exact) mass is 212 g/mol. The van der Waals surface area contributed by atoms with Crippen molar-refractivity contribution in [1.29, 1.82) is 0 Å². The van der Waals surface area contributed by atoms with Crippen molar-refractivity contribution in [1.82, 2.24) is 0 Å². The first kappa shape index (κ1) is 8.97. The normalized spacial score (nSPS) is 20.1. The molecule has 14 heavy (non-hydrogen) atoms. The maximum atomic E-state index is 10.9. The summed E-state index contributed by atoms with van der Waals surface area (Å²) in [6.45, 7) is 0. The van der Waals surface area contributed by atoms with Crippen LogP contribution >= 0.6 is 0 Å². The van der Waals surface area contributed by atoms with Gasteiger partial charge in [0.25, 0.3) is 5.17 Å². The Morgan fingerprint density at radius 2 is 1.93 bits per heavy atom. The van der Waals surface area contributed by atoms with Crippen LogP contribution in [-0.2, 0) is 14.9 Å². The van der Waals surface area contributed by atoms with Gasteiger partial charge in [0.1, 0.15) is 0 Å². The molecule has 0 spiro atoms. The summed E-state index contributed by atoms with van der Waals surface area (Å²) in [6, 6.07) is 0. The first-order chi connectivity index (χ1) is 6.47. The fourth-order valence-electron chi connectivity index (χ4n) is 1.03. The highest BCUT2D eigenvalue weighted by molar-refractivity contribution is 8.01. The van der Waals surface area contributed by atoms with E-state index in [1.807, 2.05) is 0 Å². The van der Waals surface area contributed by atoms with Crippen LogP contribution in [0.3, 0.4) is 0 Å². The summed E-state index contributed by atoms with van der Waals surface area (Å²) >= 11 is 0. The highest BCUT2D eigenvalue weighted by Crippen LogP contribution is 2.16. The molecule has 2 rings (SSSR count). The molecule has 0 atom stereocenters. The van der Waals surface area contributed by atoms with E-state index in [1.165, 1.54) is 12.2 Å². The zero-order chi connectivity index (χ0) is 10.3. The van der Waals surface area contributed by atoms with E-state index in [1.54, 1.807) is 0 Å². The van der Waals surface area contributed by atoms with Gasteiger partial charge in [0, 0.05) is 6.08 Å². The Labute approximate surface area is 79.1 Å². The number of hydrogen-bond acceptors (Lipinski definition) is 5. The van der Waals surface area contributed by atoms with E-state index >= 15 is 0 Å². The summed E-state index contributed by atoms with van der Waals surface area (Å²) in [5.74, 6) is -0.292. The lowest BCUT2D eigenvalue weighted by Gasteiger charge is -1.97. The summed E-state index contributed by atoms with van der Waals surface area (Å²) < 4.78 is 29.9. The molecule has 7 heteroatoms. The minimum Gasteiger partial charge on any atom is -0.290 e.